The van der Waals surface area contributed by atoms with E-state index in [-0.39, 0.29) is 23.7 Å². The van der Waals surface area contributed by atoms with E-state index < -0.39 is 23.7 Å². The monoisotopic (exact) mass is 473 g/mol. The van der Waals surface area contributed by atoms with Crippen LogP contribution < -0.4 is 9.64 Å². The molecular formula is C27H23NO7. The number of ether oxygens (including phenoxy) is 2. The van der Waals surface area contributed by atoms with Gasteiger partial charge in [0.15, 0.2) is 0 Å². The number of hydrogen-bond donors (Lipinski definition) is 2. The Morgan fingerprint density at radius 1 is 0.914 bits per heavy atom. The Kier molecular flexibility index (Phi) is 6.55. The minimum Gasteiger partial charge on any atom is -0.508 e. The molecule has 1 saturated heterocycles. The lowest BCUT2D eigenvalue weighted by atomic mass is 9.95. The van der Waals surface area contributed by atoms with Crippen molar-refractivity contribution in [2.24, 2.45) is 0 Å². The molecule has 1 amide bonds. The van der Waals surface area contributed by atoms with Crippen molar-refractivity contribution in [3.8, 4) is 11.5 Å². The summed E-state index contributed by atoms with van der Waals surface area (Å²) in [5.74, 6) is -1.95. The molecule has 1 unspecified atom stereocenters. The average Bonchev–Trinajstić information content (AvgIpc) is 3.14. The van der Waals surface area contributed by atoms with Crippen LogP contribution in [0.15, 0.2) is 78.4 Å². The zero-order valence-corrected chi connectivity index (χ0v) is 19.1. The van der Waals surface area contributed by atoms with Crippen molar-refractivity contribution in [1.82, 2.24) is 0 Å². The third kappa shape index (κ3) is 4.46. The van der Waals surface area contributed by atoms with Gasteiger partial charge in [-0.2, -0.15) is 0 Å². The lowest BCUT2D eigenvalue weighted by Gasteiger charge is -2.25. The molecule has 1 aliphatic heterocycles. The lowest BCUT2D eigenvalue weighted by molar-refractivity contribution is -0.132. The van der Waals surface area contributed by atoms with E-state index in [9.17, 15) is 24.6 Å². The number of carbonyl (C=O) groups is 3. The minimum absolute atomic E-state index is 0.0136. The number of phenolic OH excluding ortho intramolecular Hbond substituents is 1. The van der Waals surface area contributed by atoms with Crippen LogP contribution in [0, 0.1) is 0 Å². The quantitative estimate of drug-likeness (QED) is 0.239. The molecule has 1 heterocycles. The van der Waals surface area contributed by atoms with Gasteiger partial charge in [-0.1, -0.05) is 12.1 Å². The Hall–Kier alpha value is -4.59. The Labute approximate surface area is 201 Å². The highest BCUT2D eigenvalue weighted by atomic mass is 16.5. The number of carbonyl (C=O) groups excluding carboxylic acids is 3. The molecule has 1 fully saturated rings. The smallest absolute Gasteiger partial charge is 0.338 e. The fourth-order valence-electron chi connectivity index (χ4n) is 3.95. The molecule has 4 rings (SSSR count). The second kappa shape index (κ2) is 9.72. The Morgan fingerprint density at radius 3 is 2.09 bits per heavy atom. The highest BCUT2D eigenvalue weighted by molar-refractivity contribution is 6.51. The maximum atomic E-state index is 13.2. The molecule has 3 aromatic rings. The summed E-state index contributed by atoms with van der Waals surface area (Å²) in [6.45, 7) is 1.92. The minimum atomic E-state index is -0.967. The number of ketones is 1. The summed E-state index contributed by atoms with van der Waals surface area (Å²) < 4.78 is 10.1. The van der Waals surface area contributed by atoms with Gasteiger partial charge in [-0.25, -0.2) is 4.79 Å². The molecule has 3 aromatic carbocycles. The molecule has 8 heteroatoms. The van der Waals surface area contributed by atoms with Gasteiger partial charge < -0.3 is 19.7 Å². The summed E-state index contributed by atoms with van der Waals surface area (Å²) >= 11 is 0. The zero-order valence-electron chi connectivity index (χ0n) is 19.1. The fraction of sp³-hybridized carbons (Fsp3) is 0.148. The van der Waals surface area contributed by atoms with Crippen molar-refractivity contribution in [2.75, 3.05) is 18.6 Å². The number of amides is 1. The van der Waals surface area contributed by atoms with Crippen LogP contribution in [0.4, 0.5) is 5.69 Å². The third-order valence-electron chi connectivity index (χ3n) is 5.67. The summed E-state index contributed by atoms with van der Waals surface area (Å²) in [7, 11) is 1.51. The normalized spacial score (nSPS) is 16.9. The summed E-state index contributed by atoms with van der Waals surface area (Å²) in [4.78, 5) is 39.7. The number of phenols is 1. The number of anilines is 1. The molecule has 0 bridgehead atoms. The van der Waals surface area contributed by atoms with Gasteiger partial charge in [0.1, 0.15) is 17.3 Å². The number of aliphatic hydroxyl groups is 1. The summed E-state index contributed by atoms with van der Waals surface area (Å²) in [5, 5.41) is 20.9. The predicted octanol–water partition coefficient (Wildman–Crippen LogP) is 4.20. The average molecular weight is 473 g/mol. The second-order valence-corrected chi connectivity index (χ2v) is 7.76. The largest absolute Gasteiger partial charge is 0.508 e. The van der Waals surface area contributed by atoms with Crippen molar-refractivity contribution < 1.29 is 34.1 Å². The number of Topliss-reactive ketones (excluding diaryl/α,β-unsaturated/α-hetero) is 1. The maximum absolute atomic E-state index is 13.2. The van der Waals surface area contributed by atoms with Crippen LogP contribution in [0.2, 0.25) is 0 Å². The van der Waals surface area contributed by atoms with Crippen LogP contribution in [-0.2, 0) is 14.3 Å². The van der Waals surface area contributed by atoms with Crippen LogP contribution in [-0.4, -0.2) is 41.6 Å². The number of nitrogens with zero attached hydrogens (tertiary/aromatic N) is 1. The van der Waals surface area contributed by atoms with Gasteiger partial charge in [0.05, 0.1) is 30.9 Å². The van der Waals surface area contributed by atoms with Crippen molar-refractivity contribution in [3.05, 3.63) is 95.1 Å². The molecular weight excluding hydrogens is 450 g/mol. The predicted molar refractivity (Wildman–Crippen MR) is 128 cm³/mol. The number of hydrogen-bond acceptors (Lipinski definition) is 7. The molecule has 0 radical (unpaired) electrons. The van der Waals surface area contributed by atoms with Gasteiger partial charge in [0.25, 0.3) is 11.7 Å². The van der Waals surface area contributed by atoms with Crippen LogP contribution in [0.1, 0.15) is 34.5 Å². The zero-order chi connectivity index (χ0) is 25.1. The molecule has 0 spiro atoms. The molecule has 0 saturated carbocycles. The van der Waals surface area contributed by atoms with E-state index in [1.165, 1.54) is 48.4 Å². The summed E-state index contributed by atoms with van der Waals surface area (Å²) in [6, 6.07) is 17.6. The standard InChI is InChI=1S/C27H23NO7/c1-3-35-27(33)18-4-10-19(11-5-18)28-23(16-6-12-20(29)13-7-16)22(25(31)26(28)32)24(30)17-8-14-21(34-2)15-9-17/h4-15,23,29-30H,3H2,1-2H3/b24-22+. The van der Waals surface area contributed by atoms with Crippen molar-refractivity contribution in [3.63, 3.8) is 0 Å². The number of aromatic hydroxyl groups is 1. The van der Waals surface area contributed by atoms with E-state index >= 15 is 0 Å². The van der Waals surface area contributed by atoms with E-state index in [2.05, 4.69) is 0 Å². The van der Waals surface area contributed by atoms with E-state index in [1.54, 1.807) is 43.3 Å². The molecule has 0 aromatic heterocycles. The van der Waals surface area contributed by atoms with Crippen LogP contribution >= 0.6 is 0 Å². The Balaban J connectivity index is 1.84. The van der Waals surface area contributed by atoms with Crippen LogP contribution in [0.3, 0.4) is 0 Å². The Bertz CT molecular complexity index is 1290. The number of esters is 1. The van der Waals surface area contributed by atoms with E-state index in [0.29, 0.717) is 28.1 Å². The van der Waals surface area contributed by atoms with Crippen LogP contribution in [0.25, 0.3) is 5.76 Å². The third-order valence-corrected chi connectivity index (χ3v) is 5.67. The first kappa shape index (κ1) is 23.6. The first-order valence-electron chi connectivity index (χ1n) is 10.9. The van der Waals surface area contributed by atoms with Gasteiger partial charge in [-0.3, -0.25) is 14.5 Å². The summed E-state index contributed by atoms with van der Waals surface area (Å²) in [5.41, 5.74) is 1.40. The van der Waals surface area contributed by atoms with E-state index in [0.717, 1.165) is 0 Å². The highest BCUT2D eigenvalue weighted by Crippen LogP contribution is 2.42. The lowest BCUT2D eigenvalue weighted by Crippen LogP contribution is -2.29. The van der Waals surface area contributed by atoms with Gasteiger partial charge in [-0.15, -0.1) is 0 Å². The first-order valence-corrected chi connectivity index (χ1v) is 10.9. The SMILES string of the molecule is CCOC(=O)c1ccc(N2C(=O)C(=O)/C(=C(/O)c3ccc(OC)cc3)C2c2ccc(O)cc2)cc1. The number of methoxy groups -OCH3 is 1. The first-order chi connectivity index (χ1) is 16.8. The highest BCUT2D eigenvalue weighted by Gasteiger charge is 2.47. The van der Waals surface area contributed by atoms with Gasteiger partial charge in [-0.05, 0) is 73.2 Å². The Morgan fingerprint density at radius 2 is 1.51 bits per heavy atom. The number of benzene rings is 3. The van der Waals surface area contributed by atoms with Crippen molar-refractivity contribution in [1.29, 1.82) is 0 Å². The van der Waals surface area contributed by atoms with Crippen LogP contribution in [0.5, 0.6) is 11.5 Å². The molecule has 2 N–H and O–H groups in total. The van der Waals surface area contributed by atoms with Gasteiger partial charge in [0, 0.05) is 11.3 Å². The maximum Gasteiger partial charge on any atom is 0.338 e. The molecule has 8 nitrogen and oxygen atoms in total. The van der Waals surface area contributed by atoms with Crippen molar-refractivity contribution in [2.45, 2.75) is 13.0 Å². The van der Waals surface area contributed by atoms with E-state index in [1.807, 2.05) is 0 Å². The topological polar surface area (TPSA) is 113 Å². The molecule has 0 aliphatic carbocycles. The van der Waals surface area contributed by atoms with Gasteiger partial charge >= 0.3 is 5.97 Å². The summed E-state index contributed by atoms with van der Waals surface area (Å²) in [6.07, 6.45) is 0. The second-order valence-electron chi connectivity index (χ2n) is 7.76. The van der Waals surface area contributed by atoms with Gasteiger partial charge in [0.2, 0.25) is 0 Å². The number of rotatable bonds is 6. The fourth-order valence-corrected chi connectivity index (χ4v) is 3.95. The molecule has 1 atom stereocenters. The molecule has 35 heavy (non-hydrogen) atoms. The van der Waals surface area contributed by atoms with Crippen molar-refractivity contribution >= 4 is 29.1 Å². The number of aliphatic hydroxyl groups excluding tert-OH is 1. The molecule has 1 aliphatic rings. The molecule has 178 valence electrons. The van der Waals surface area contributed by atoms with E-state index in [4.69, 9.17) is 9.47 Å².